The van der Waals surface area contributed by atoms with E-state index in [9.17, 15) is 0 Å². The van der Waals surface area contributed by atoms with Gasteiger partial charge in [0, 0.05) is 0 Å². The molecule has 0 saturated carbocycles. The van der Waals surface area contributed by atoms with Crippen molar-refractivity contribution in [3.05, 3.63) is 39.0 Å². The topological polar surface area (TPSA) is 51.2 Å². The van der Waals surface area contributed by atoms with Crippen LogP contribution in [-0.2, 0) is 13.1 Å². The van der Waals surface area contributed by atoms with Crippen molar-refractivity contribution in [1.29, 1.82) is 0 Å². The smallest absolute Gasteiger partial charge is 0.208 e. The fraction of sp³-hybridized carbons (Fsp3) is 0.364. The Bertz CT molecular complexity index is 457. The van der Waals surface area contributed by atoms with E-state index in [2.05, 4.69) is 32.9 Å². The maximum absolute atomic E-state index is 5.45. The second kappa shape index (κ2) is 5.01. The lowest BCUT2D eigenvalue weighted by Gasteiger charge is -1.98. The van der Waals surface area contributed by atoms with E-state index >= 15 is 0 Å². The third-order valence-corrected chi connectivity index (χ3v) is 2.86. The lowest BCUT2D eigenvalue weighted by Crippen LogP contribution is -2.12. The Kier molecular flexibility index (Phi) is 3.65. The van der Waals surface area contributed by atoms with Gasteiger partial charge in [-0.05, 0) is 48.6 Å². The van der Waals surface area contributed by atoms with E-state index in [1.807, 2.05) is 26.0 Å². The minimum Gasteiger partial charge on any atom is -0.454 e. The Hall–Kier alpha value is -0.820. The summed E-state index contributed by atoms with van der Waals surface area (Å²) in [4.78, 5) is 4.29. The highest BCUT2D eigenvalue weighted by atomic mass is 127. The molecule has 2 aromatic rings. The molecule has 0 amide bonds. The van der Waals surface area contributed by atoms with Gasteiger partial charge in [-0.25, -0.2) is 4.98 Å². The first-order valence-corrected chi connectivity index (χ1v) is 6.11. The van der Waals surface area contributed by atoms with Crippen LogP contribution in [-0.4, -0.2) is 4.98 Å². The highest BCUT2D eigenvalue weighted by molar-refractivity contribution is 14.1. The summed E-state index contributed by atoms with van der Waals surface area (Å²) in [6.45, 7) is 5.16. The average Bonchev–Trinajstić information content (AvgIpc) is 2.75. The van der Waals surface area contributed by atoms with Crippen LogP contribution in [0.15, 0.2) is 21.0 Å². The molecule has 0 aromatic carbocycles. The number of hydrogen-bond acceptors (Lipinski definition) is 4. The van der Waals surface area contributed by atoms with Crippen LogP contribution in [0.5, 0.6) is 0 Å². The van der Waals surface area contributed by atoms with Gasteiger partial charge in [0.15, 0.2) is 3.77 Å². The predicted molar refractivity (Wildman–Crippen MR) is 67.9 cm³/mol. The van der Waals surface area contributed by atoms with E-state index in [4.69, 9.17) is 8.83 Å². The van der Waals surface area contributed by atoms with Crippen molar-refractivity contribution in [2.24, 2.45) is 0 Å². The predicted octanol–water partition coefficient (Wildman–Crippen LogP) is 2.78. The second-order valence-corrected chi connectivity index (χ2v) is 4.62. The molecule has 0 aliphatic rings. The molecule has 4 nitrogen and oxygen atoms in total. The molecule has 0 unspecified atom stereocenters. The van der Waals surface area contributed by atoms with Crippen LogP contribution in [0.2, 0.25) is 0 Å². The van der Waals surface area contributed by atoms with Crippen LogP contribution < -0.4 is 5.32 Å². The normalized spacial score (nSPS) is 10.9. The molecule has 0 bridgehead atoms. The molecule has 2 heterocycles. The van der Waals surface area contributed by atoms with Gasteiger partial charge < -0.3 is 14.2 Å². The van der Waals surface area contributed by atoms with Gasteiger partial charge >= 0.3 is 0 Å². The van der Waals surface area contributed by atoms with Crippen LogP contribution in [0.1, 0.15) is 23.1 Å². The molecule has 0 spiro atoms. The monoisotopic (exact) mass is 332 g/mol. The molecule has 0 atom stereocenters. The van der Waals surface area contributed by atoms with Crippen molar-refractivity contribution < 1.29 is 8.83 Å². The molecule has 0 fully saturated rings. The van der Waals surface area contributed by atoms with Gasteiger partial charge in [0.05, 0.1) is 18.8 Å². The largest absolute Gasteiger partial charge is 0.454 e. The molecule has 5 heteroatoms. The van der Waals surface area contributed by atoms with Crippen LogP contribution >= 0.6 is 22.6 Å². The standard InChI is InChI=1S/C11H13IN2O2/c1-7-8(2)15-11(14-7)6-13-5-9-3-4-10(12)16-9/h3-4,13H,5-6H2,1-2H3. The first-order valence-electron chi connectivity index (χ1n) is 5.03. The Morgan fingerprint density at radius 2 is 2.06 bits per heavy atom. The number of aromatic nitrogens is 1. The molecule has 2 rings (SSSR count). The van der Waals surface area contributed by atoms with E-state index in [0.717, 1.165) is 26.9 Å². The number of rotatable bonds is 4. The molecule has 0 saturated heterocycles. The van der Waals surface area contributed by atoms with Crippen molar-refractivity contribution >= 4 is 22.6 Å². The number of nitrogens with zero attached hydrogens (tertiary/aromatic N) is 1. The van der Waals surface area contributed by atoms with Gasteiger partial charge in [0.2, 0.25) is 5.89 Å². The highest BCUT2D eigenvalue weighted by Gasteiger charge is 2.05. The van der Waals surface area contributed by atoms with E-state index in [1.165, 1.54) is 0 Å². The fourth-order valence-corrected chi connectivity index (χ4v) is 1.82. The van der Waals surface area contributed by atoms with E-state index < -0.39 is 0 Å². The van der Waals surface area contributed by atoms with Crippen molar-refractivity contribution in [1.82, 2.24) is 10.3 Å². The number of halogens is 1. The zero-order valence-corrected chi connectivity index (χ0v) is 11.4. The summed E-state index contributed by atoms with van der Waals surface area (Å²) in [6, 6.07) is 3.90. The summed E-state index contributed by atoms with van der Waals surface area (Å²) in [5.41, 5.74) is 0.948. The van der Waals surface area contributed by atoms with Crippen molar-refractivity contribution in [3.63, 3.8) is 0 Å². The highest BCUT2D eigenvalue weighted by Crippen LogP contribution is 2.11. The van der Waals surface area contributed by atoms with Gasteiger partial charge in [-0.3, -0.25) is 0 Å². The van der Waals surface area contributed by atoms with Crippen LogP contribution in [0.4, 0.5) is 0 Å². The van der Waals surface area contributed by atoms with Crippen molar-refractivity contribution in [2.45, 2.75) is 26.9 Å². The number of hydrogen-bond donors (Lipinski definition) is 1. The maximum Gasteiger partial charge on any atom is 0.208 e. The molecule has 0 aliphatic carbocycles. The van der Waals surface area contributed by atoms with Gasteiger partial charge in [-0.2, -0.15) is 0 Å². The van der Waals surface area contributed by atoms with Gasteiger partial charge in [0.25, 0.3) is 0 Å². The van der Waals surface area contributed by atoms with Crippen LogP contribution in [0, 0.1) is 17.6 Å². The fourth-order valence-electron chi connectivity index (χ4n) is 1.35. The lowest BCUT2D eigenvalue weighted by molar-refractivity contribution is 0.425. The van der Waals surface area contributed by atoms with Crippen LogP contribution in [0.3, 0.4) is 0 Å². The minimum absolute atomic E-state index is 0.617. The Balaban J connectivity index is 1.84. The zero-order chi connectivity index (χ0) is 11.5. The SMILES string of the molecule is Cc1nc(CNCc2ccc(I)o2)oc1C. The number of aryl methyl sites for hydroxylation is 2. The van der Waals surface area contributed by atoms with E-state index in [1.54, 1.807) is 0 Å². The average molecular weight is 332 g/mol. The molecular weight excluding hydrogens is 319 g/mol. The molecule has 2 aromatic heterocycles. The summed E-state index contributed by atoms with van der Waals surface area (Å²) >= 11 is 2.15. The quantitative estimate of drug-likeness (QED) is 0.875. The Labute approximate surface area is 108 Å². The number of furan rings is 1. The van der Waals surface area contributed by atoms with Crippen molar-refractivity contribution in [3.8, 4) is 0 Å². The summed E-state index contributed by atoms with van der Waals surface area (Å²) in [5, 5.41) is 3.22. The minimum atomic E-state index is 0.617. The maximum atomic E-state index is 5.45. The zero-order valence-electron chi connectivity index (χ0n) is 9.21. The Morgan fingerprint density at radius 1 is 1.25 bits per heavy atom. The third kappa shape index (κ3) is 2.85. The molecular formula is C11H13IN2O2. The first-order chi connectivity index (χ1) is 7.65. The molecule has 1 N–H and O–H groups in total. The second-order valence-electron chi connectivity index (χ2n) is 3.56. The van der Waals surface area contributed by atoms with Gasteiger partial charge in [0.1, 0.15) is 11.5 Å². The number of nitrogens with one attached hydrogen (secondary N) is 1. The molecule has 0 aliphatic heterocycles. The van der Waals surface area contributed by atoms with Gasteiger partial charge in [-0.1, -0.05) is 0 Å². The summed E-state index contributed by atoms with van der Waals surface area (Å²) in [6.07, 6.45) is 0. The molecule has 0 radical (unpaired) electrons. The molecule has 16 heavy (non-hydrogen) atoms. The van der Waals surface area contributed by atoms with Crippen molar-refractivity contribution in [2.75, 3.05) is 0 Å². The summed E-state index contributed by atoms with van der Waals surface area (Å²) in [7, 11) is 0. The summed E-state index contributed by atoms with van der Waals surface area (Å²) < 4.78 is 11.8. The lowest BCUT2D eigenvalue weighted by atomic mass is 10.4. The Morgan fingerprint density at radius 3 is 2.62 bits per heavy atom. The summed E-state index contributed by atoms with van der Waals surface area (Å²) in [5.74, 6) is 2.52. The van der Waals surface area contributed by atoms with Gasteiger partial charge in [-0.15, -0.1) is 0 Å². The number of oxazole rings is 1. The van der Waals surface area contributed by atoms with Crippen LogP contribution in [0.25, 0.3) is 0 Å². The van der Waals surface area contributed by atoms with E-state index in [-0.39, 0.29) is 0 Å². The first kappa shape index (κ1) is 11.7. The van der Waals surface area contributed by atoms with E-state index in [0.29, 0.717) is 13.1 Å². The third-order valence-electron chi connectivity index (χ3n) is 2.28. The molecule has 86 valence electrons.